The predicted octanol–water partition coefficient (Wildman–Crippen LogP) is 4.44. The molecule has 0 saturated carbocycles. The van der Waals surface area contributed by atoms with Crippen LogP contribution in [0.2, 0.25) is 5.02 Å². The molecular formula is C20H19ClF4N4O3S2. The molecule has 0 radical (unpaired) electrons. The van der Waals surface area contributed by atoms with E-state index < -0.39 is 55.7 Å². The van der Waals surface area contributed by atoms with Crippen molar-refractivity contribution in [2.24, 2.45) is 10.7 Å². The fourth-order valence-corrected chi connectivity index (χ4v) is 7.53. The zero-order valence-electron chi connectivity index (χ0n) is 17.8. The molecule has 2 aliphatic heterocycles. The Labute approximate surface area is 201 Å². The van der Waals surface area contributed by atoms with Crippen molar-refractivity contribution in [1.29, 1.82) is 0 Å². The van der Waals surface area contributed by atoms with Crippen LogP contribution in [0.1, 0.15) is 26.2 Å². The normalized spacial score (nSPS) is 31.3. The van der Waals surface area contributed by atoms with Gasteiger partial charge >= 0.3 is 6.18 Å². The molecule has 0 fully saturated rings. The van der Waals surface area contributed by atoms with Crippen LogP contribution in [0.5, 0.6) is 0 Å². The maximum Gasteiger partial charge on any atom is 0.391 e. The van der Waals surface area contributed by atoms with Crippen molar-refractivity contribution >= 4 is 43.9 Å². The number of halogens is 5. The van der Waals surface area contributed by atoms with Gasteiger partial charge < -0.3 is 10.2 Å². The minimum Gasteiger partial charge on any atom is -0.416 e. The molecule has 3 heterocycles. The smallest absolute Gasteiger partial charge is 0.391 e. The molecule has 184 valence electrons. The highest BCUT2D eigenvalue weighted by atomic mass is 35.5. The van der Waals surface area contributed by atoms with Crippen LogP contribution in [0.25, 0.3) is 16.4 Å². The van der Waals surface area contributed by atoms with Gasteiger partial charge in [0.2, 0.25) is 5.89 Å². The monoisotopic (exact) mass is 538 g/mol. The molecule has 34 heavy (non-hydrogen) atoms. The summed E-state index contributed by atoms with van der Waals surface area (Å²) in [4.78, 5) is 4.38. The highest BCUT2D eigenvalue weighted by molar-refractivity contribution is 8.09. The Bertz CT molecular complexity index is 1280. The quantitative estimate of drug-likeness (QED) is 0.573. The van der Waals surface area contributed by atoms with E-state index in [1.807, 2.05) is 0 Å². The van der Waals surface area contributed by atoms with Gasteiger partial charge in [-0.2, -0.15) is 13.2 Å². The van der Waals surface area contributed by atoms with Crippen LogP contribution in [0, 0.1) is 0 Å². The second-order valence-corrected chi connectivity index (χ2v) is 12.6. The lowest BCUT2D eigenvalue weighted by Gasteiger charge is -2.42. The first-order valence-electron chi connectivity index (χ1n) is 9.91. The molecule has 2 unspecified atom stereocenters. The maximum absolute atomic E-state index is 15.1. The van der Waals surface area contributed by atoms with Crippen molar-refractivity contribution in [3.8, 4) is 11.5 Å². The Hall–Kier alpha value is -2.12. The van der Waals surface area contributed by atoms with Gasteiger partial charge in [-0.1, -0.05) is 11.6 Å². The van der Waals surface area contributed by atoms with Crippen LogP contribution in [-0.2, 0) is 9.84 Å². The molecule has 2 aromatic rings. The fourth-order valence-electron chi connectivity index (χ4n) is 3.95. The number of rotatable bonds is 4. The van der Waals surface area contributed by atoms with E-state index in [4.69, 9.17) is 21.8 Å². The number of alkyl halides is 4. The third kappa shape index (κ3) is 4.44. The summed E-state index contributed by atoms with van der Waals surface area (Å²) in [5, 5.41) is 7.30. The maximum atomic E-state index is 15.1. The first-order chi connectivity index (χ1) is 15.6. The highest BCUT2D eigenvalue weighted by Crippen LogP contribution is 2.49. The molecule has 2 N–H and O–H groups in total. The van der Waals surface area contributed by atoms with Crippen molar-refractivity contribution in [2.45, 2.75) is 48.2 Å². The molecule has 0 amide bonds. The second kappa shape index (κ2) is 8.23. The molecule has 4 atom stereocenters. The van der Waals surface area contributed by atoms with E-state index in [0.717, 1.165) is 18.7 Å². The predicted molar refractivity (Wildman–Crippen MR) is 122 cm³/mol. The number of allylic oxidation sites excluding steroid dienone is 1. The molecule has 0 aliphatic carbocycles. The third-order valence-electron chi connectivity index (χ3n) is 5.82. The largest absolute Gasteiger partial charge is 0.416 e. The van der Waals surface area contributed by atoms with E-state index in [2.05, 4.69) is 15.2 Å². The van der Waals surface area contributed by atoms with Crippen molar-refractivity contribution in [3.63, 3.8) is 0 Å². The van der Waals surface area contributed by atoms with Crippen molar-refractivity contribution in [2.75, 3.05) is 5.75 Å². The number of thioether (sulfide) groups is 1. The summed E-state index contributed by atoms with van der Waals surface area (Å²) >= 11 is 6.79. The van der Waals surface area contributed by atoms with Crippen LogP contribution in [-0.4, -0.2) is 58.1 Å². The Morgan fingerprint density at radius 2 is 1.82 bits per heavy atom. The van der Waals surface area contributed by atoms with Crippen LogP contribution in [0.4, 0.5) is 17.6 Å². The molecule has 4 rings (SSSR count). The van der Waals surface area contributed by atoms with Crippen molar-refractivity contribution < 1.29 is 30.4 Å². The number of sulfone groups is 1. The SMILES string of the molecule is C[C@]1(CC(F)(F)F)C(N)=N[C@](C)(C2SC(c3nnc(-c4ccc(Cl)cc4)o3)=CC2F)CS1(=O)=O. The van der Waals surface area contributed by atoms with E-state index >= 15 is 4.39 Å². The Balaban J connectivity index is 1.60. The van der Waals surface area contributed by atoms with E-state index in [0.29, 0.717) is 10.6 Å². The minimum absolute atomic E-state index is 0.0150. The van der Waals surface area contributed by atoms with E-state index in [1.165, 1.54) is 13.0 Å². The van der Waals surface area contributed by atoms with Gasteiger partial charge in [0, 0.05) is 10.6 Å². The lowest BCUT2D eigenvalue weighted by atomic mass is 9.95. The van der Waals surface area contributed by atoms with Crippen molar-refractivity contribution in [3.05, 3.63) is 41.3 Å². The van der Waals surface area contributed by atoms with Crippen LogP contribution in [0.3, 0.4) is 0 Å². The minimum atomic E-state index is -4.78. The molecule has 1 aromatic heterocycles. The van der Waals surface area contributed by atoms with Gasteiger partial charge in [0.05, 0.1) is 27.9 Å². The van der Waals surface area contributed by atoms with Gasteiger partial charge in [-0.3, -0.25) is 4.99 Å². The number of nitrogens with zero attached hydrogens (tertiary/aromatic N) is 3. The summed E-state index contributed by atoms with van der Waals surface area (Å²) in [5.41, 5.74) is 4.75. The number of hydrogen-bond acceptors (Lipinski definition) is 8. The summed E-state index contributed by atoms with van der Waals surface area (Å²) in [6.45, 7) is 2.25. The molecule has 0 saturated heterocycles. The number of aliphatic imine (C=N–C) groups is 1. The zero-order chi connectivity index (χ0) is 25.1. The van der Waals surface area contributed by atoms with Crippen LogP contribution < -0.4 is 5.73 Å². The van der Waals surface area contributed by atoms with Gasteiger partial charge in [-0.25, -0.2) is 12.8 Å². The third-order valence-corrected chi connectivity index (χ3v) is 10.3. The van der Waals surface area contributed by atoms with Crippen LogP contribution >= 0.6 is 23.4 Å². The number of amidine groups is 1. The van der Waals surface area contributed by atoms with Gasteiger partial charge in [0.15, 0.2) is 9.84 Å². The topological polar surface area (TPSA) is 111 Å². The molecular weight excluding hydrogens is 520 g/mol. The van der Waals surface area contributed by atoms with Gasteiger partial charge in [-0.05, 0) is 44.2 Å². The summed E-state index contributed by atoms with van der Waals surface area (Å²) in [6, 6.07) is 6.61. The Morgan fingerprint density at radius 1 is 1.21 bits per heavy atom. The van der Waals surface area contributed by atoms with E-state index in [1.54, 1.807) is 24.3 Å². The number of nitrogens with two attached hydrogens (primary N) is 1. The zero-order valence-corrected chi connectivity index (χ0v) is 20.2. The lowest BCUT2D eigenvalue weighted by molar-refractivity contribution is -0.137. The number of aromatic nitrogens is 2. The van der Waals surface area contributed by atoms with E-state index in [9.17, 15) is 21.6 Å². The Kier molecular flexibility index (Phi) is 6.05. The number of benzene rings is 1. The van der Waals surface area contributed by atoms with Gasteiger partial charge in [-0.15, -0.1) is 22.0 Å². The standard InChI is InChI=1S/C20H19ClF4N4O3S2/c1-18(9-34(30,31)19(2,17(26)27-18)8-20(23,24)25)14-12(22)7-13(33-14)16-29-28-15(32-16)10-3-5-11(21)6-4-10/h3-7,12,14H,8-9H2,1-2H3,(H2,26,27)/t12?,14?,18-,19-/m0/s1. The second-order valence-electron chi connectivity index (χ2n) is 8.57. The van der Waals surface area contributed by atoms with Crippen molar-refractivity contribution in [1.82, 2.24) is 10.2 Å². The molecule has 1 aromatic carbocycles. The summed E-state index contributed by atoms with van der Waals surface area (Å²) < 4.78 is 83.4. The average molecular weight is 539 g/mol. The lowest BCUT2D eigenvalue weighted by Crippen LogP contribution is -2.61. The summed E-state index contributed by atoms with van der Waals surface area (Å²) in [5.74, 6) is -1.31. The Morgan fingerprint density at radius 3 is 2.41 bits per heavy atom. The molecule has 0 bridgehead atoms. The highest BCUT2D eigenvalue weighted by Gasteiger charge is 2.59. The van der Waals surface area contributed by atoms with E-state index in [-0.39, 0.29) is 16.7 Å². The number of hydrogen-bond donors (Lipinski definition) is 1. The fraction of sp³-hybridized carbons (Fsp3) is 0.450. The summed E-state index contributed by atoms with van der Waals surface area (Å²) in [7, 11) is -4.43. The molecule has 14 heteroatoms. The van der Waals surface area contributed by atoms with Gasteiger partial charge in [0.25, 0.3) is 5.89 Å². The average Bonchev–Trinajstić information content (AvgIpc) is 3.33. The molecule has 2 aliphatic rings. The summed E-state index contributed by atoms with van der Waals surface area (Å²) in [6.07, 6.45) is -6.95. The first-order valence-corrected chi connectivity index (χ1v) is 12.8. The molecule has 7 nitrogen and oxygen atoms in total. The van der Waals surface area contributed by atoms with Gasteiger partial charge in [0.1, 0.15) is 16.8 Å². The molecule has 0 spiro atoms. The first kappa shape index (κ1) is 25.0. The van der Waals surface area contributed by atoms with Crippen LogP contribution in [0.15, 0.2) is 39.8 Å².